The third-order valence-electron chi connectivity index (χ3n) is 3.10. The number of aromatic nitrogens is 2. The second-order valence-electron chi connectivity index (χ2n) is 4.62. The Hall–Kier alpha value is -2.10. The quantitative estimate of drug-likeness (QED) is 0.895. The maximum atomic E-state index is 11.2. The fraction of sp³-hybridized carbons (Fsp3) is 0.286. The van der Waals surface area contributed by atoms with Gasteiger partial charge in [0, 0.05) is 18.9 Å². The minimum absolute atomic E-state index is 0.300. The van der Waals surface area contributed by atoms with E-state index in [-0.39, 0.29) is 0 Å². The number of aryl methyl sites for hydroxylation is 3. The summed E-state index contributed by atoms with van der Waals surface area (Å²) in [6, 6.07) is 4.28. The molecule has 2 aromatic rings. The topological polar surface area (TPSA) is 60.9 Å². The van der Waals surface area contributed by atoms with Crippen molar-refractivity contribution in [1.82, 2.24) is 9.55 Å². The summed E-state index contributed by atoms with van der Waals surface area (Å²) in [5.41, 5.74) is 10.2. The fourth-order valence-corrected chi connectivity index (χ4v) is 2.29. The van der Waals surface area contributed by atoms with E-state index in [1.165, 1.54) is 22.3 Å². The first kappa shape index (κ1) is 12.4. The molecule has 0 atom stereocenters. The zero-order valence-corrected chi connectivity index (χ0v) is 10.9. The van der Waals surface area contributed by atoms with E-state index in [1.807, 2.05) is 0 Å². The molecule has 94 valence electrons. The molecule has 4 nitrogen and oxygen atoms in total. The van der Waals surface area contributed by atoms with Crippen molar-refractivity contribution in [2.45, 2.75) is 27.3 Å². The molecule has 1 aromatic heterocycles. The number of hydrogen-bond acceptors (Lipinski definition) is 2. The zero-order chi connectivity index (χ0) is 13.3. The predicted octanol–water partition coefficient (Wildman–Crippen LogP) is 1.96. The Kier molecular flexibility index (Phi) is 3.19. The van der Waals surface area contributed by atoms with Crippen LogP contribution >= 0.6 is 0 Å². The summed E-state index contributed by atoms with van der Waals surface area (Å²) in [7, 11) is 0. The average Bonchev–Trinajstić information content (AvgIpc) is 2.71. The number of carbonyl (C=O) groups excluding carboxylic acids is 1. The van der Waals surface area contributed by atoms with Crippen LogP contribution in [0.2, 0.25) is 0 Å². The summed E-state index contributed by atoms with van der Waals surface area (Å²) < 4.78 is 1.78. The van der Waals surface area contributed by atoms with Gasteiger partial charge in [0.25, 0.3) is 5.91 Å². The molecule has 0 saturated heterocycles. The van der Waals surface area contributed by atoms with Gasteiger partial charge in [0.1, 0.15) is 0 Å². The van der Waals surface area contributed by atoms with Crippen molar-refractivity contribution < 1.29 is 4.79 Å². The number of nitrogens with zero attached hydrogens (tertiary/aromatic N) is 2. The molecule has 1 amide bonds. The minimum atomic E-state index is -0.498. The maximum Gasteiger partial charge on any atom is 0.284 e. The molecule has 18 heavy (non-hydrogen) atoms. The van der Waals surface area contributed by atoms with Crippen molar-refractivity contribution in [2.24, 2.45) is 5.73 Å². The summed E-state index contributed by atoms with van der Waals surface area (Å²) >= 11 is 0. The number of primary amides is 1. The summed E-state index contributed by atoms with van der Waals surface area (Å²) in [6.45, 7) is 6.86. The number of imidazole rings is 1. The zero-order valence-electron chi connectivity index (χ0n) is 10.9. The molecule has 0 saturated carbocycles. The highest BCUT2D eigenvalue weighted by Crippen LogP contribution is 2.18. The van der Waals surface area contributed by atoms with Crippen molar-refractivity contribution in [1.29, 1.82) is 0 Å². The van der Waals surface area contributed by atoms with Crippen molar-refractivity contribution in [3.63, 3.8) is 0 Å². The molecule has 0 aliphatic carbocycles. The highest BCUT2D eigenvalue weighted by Gasteiger charge is 2.11. The summed E-state index contributed by atoms with van der Waals surface area (Å²) in [4.78, 5) is 15.2. The molecule has 1 aromatic carbocycles. The van der Waals surface area contributed by atoms with Crippen molar-refractivity contribution in [2.75, 3.05) is 0 Å². The number of rotatable bonds is 3. The van der Waals surface area contributed by atoms with Crippen LogP contribution in [0.25, 0.3) is 0 Å². The SMILES string of the molecule is Cc1cc(C)c(Cn2ccnc2C(N)=O)c(C)c1. The first-order valence-corrected chi connectivity index (χ1v) is 5.86. The van der Waals surface area contributed by atoms with E-state index in [2.05, 4.69) is 37.9 Å². The van der Waals surface area contributed by atoms with Gasteiger partial charge in [0.05, 0.1) is 0 Å². The standard InChI is InChI=1S/C14H17N3O/c1-9-6-10(2)12(11(3)7-9)8-17-5-4-16-14(17)13(15)18/h4-7H,8H2,1-3H3,(H2,15,18). The molecule has 0 fully saturated rings. The molecule has 0 bridgehead atoms. The van der Waals surface area contributed by atoms with Crippen LogP contribution in [0, 0.1) is 20.8 Å². The smallest absolute Gasteiger partial charge is 0.284 e. The van der Waals surface area contributed by atoms with Crippen LogP contribution in [0.15, 0.2) is 24.5 Å². The number of carbonyl (C=O) groups is 1. The highest BCUT2D eigenvalue weighted by molar-refractivity contribution is 5.89. The van der Waals surface area contributed by atoms with E-state index < -0.39 is 5.91 Å². The molecular weight excluding hydrogens is 226 g/mol. The van der Waals surface area contributed by atoms with Gasteiger partial charge in [-0.15, -0.1) is 0 Å². The lowest BCUT2D eigenvalue weighted by Crippen LogP contribution is -2.19. The van der Waals surface area contributed by atoms with Crippen LogP contribution in [0.1, 0.15) is 32.9 Å². The molecular formula is C14H17N3O. The molecule has 0 unspecified atom stereocenters. The average molecular weight is 243 g/mol. The van der Waals surface area contributed by atoms with Crippen LogP contribution in [-0.2, 0) is 6.54 Å². The lowest BCUT2D eigenvalue weighted by atomic mass is 10.00. The highest BCUT2D eigenvalue weighted by atomic mass is 16.1. The van der Waals surface area contributed by atoms with Gasteiger partial charge >= 0.3 is 0 Å². The Bertz CT molecular complexity index is 576. The molecule has 2 N–H and O–H groups in total. The van der Waals surface area contributed by atoms with Crippen molar-refractivity contribution >= 4 is 5.91 Å². The van der Waals surface area contributed by atoms with E-state index in [0.29, 0.717) is 12.4 Å². The van der Waals surface area contributed by atoms with Crippen molar-refractivity contribution in [3.05, 3.63) is 52.6 Å². The van der Waals surface area contributed by atoms with E-state index in [9.17, 15) is 4.79 Å². The van der Waals surface area contributed by atoms with Crippen molar-refractivity contribution in [3.8, 4) is 0 Å². The monoisotopic (exact) mass is 243 g/mol. The molecule has 4 heteroatoms. The van der Waals surface area contributed by atoms with E-state index in [4.69, 9.17) is 5.73 Å². The van der Waals surface area contributed by atoms with Gasteiger partial charge in [0.2, 0.25) is 0 Å². The second-order valence-corrected chi connectivity index (χ2v) is 4.62. The Morgan fingerprint density at radius 2 is 1.89 bits per heavy atom. The van der Waals surface area contributed by atoms with Crippen LogP contribution < -0.4 is 5.73 Å². The van der Waals surface area contributed by atoms with Crippen LogP contribution in [0.4, 0.5) is 0 Å². The van der Waals surface area contributed by atoms with Gasteiger partial charge in [-0.05, 0) is 37.5 Å². The molecule has 0 spiro atoms. The Labute approximate surface area is 106 Å². The van der Waals surface area contributed by atoms with Gasteiger partial charge < -0.3 is 10.3 Å². The Morgan fingerprint density at radius 1 is 1.28 bits per heavy atom. The maximum absolute atomic E-state index is 11.2. The van der Waals surface area contributed by atoms with E-state index >= 15 is 0 Å². The summed E-state index contributed by atoms with van der Waals surface area (Å²) in [5.74, 6) is -0.197. The molecule has 1 heterocycles. The largest absolute Gasteiger partial charge is 0.363 e. The van der Waals surface area contributed by atoms with Gasteiger partial charge in [-0.3, -0.25) is 4.79 Å². The predicted molar refractivity (Wildman–Crippen MR) is 70.5 cm³/mol. The number of nitrogens with two attached hydrogens (primary N) is 1. The lowest BCUT2D eigenvalue weighted by Gasteiger charge is -2.13. The normalized spacial score (nSPS) is 10.6. The van der Waals surface area contributed by atoms with Gasteiger partial charge in [0.15, 0.2) is 5.82 Å². The van der Waals surface area contributed by atoms with Crippen LogP contribution in [-0.4, -0.2) is 15.5 Å². The third-order valence-corrected chi connectivity index (χ3v) is 3.10. The third kappa shape index (κ3) is 2.27. The van der Waals surface area contributed by atoms with Crippen LogP contribution in [0.5, 0.6) is 0 Å². The summed E-state index contributed by atoms with van der Waals surface area (Å²) in [5, 5.41) is 0. The first-order valence-electron chi connectivity index (χ1n) is 5.86. The van der Waals surface area contributed by atoms with Crippen LogP contribution in [0.3, 0.4) is 0 Å². The van der Waals surface area contributed by atoms with Gasteiger partial charge in [-0.1, -0.05) is 17.7 Å². The Balaban J connectivity index is 2.40. The minimum Gasteiger partial charge on any atom is -0.363 e. The first-order chi connectivity index (χ1) is 8.49. The second kappa shape index (κ2) is 4.64. The fourth-order valence-electron chi connectivity index (χ4n) is 2.29. The summed E-state index contributed by atoms with van der Waals surface area (Å²) in [6.07, 6.45) is 3.37. The van der Waals surface area contributed by atoms with Gasteiger partial charge in [-0.2, -0.15) is 0 Å². The molecule has 2 rings (SSSR count). The lowest BCUT2D eigenvalue weighted by molar-refractivity contribution is 0.0987. The van der Waals surface area contributed by atoms with E-state index in [0.717, 1.165) is 0 Å². The van der Waals surface area contributed by atoms with Gasteiger partial charge in [-0.25, -0.2) is 4.98 Å². The number of amides is 1. The van der Waals surface area contributed by atoms with E-state index in [1.54, 1.807) is 17.0 Å². The number of hydrogen-bond donors (Lipinski definition) is 1. The molecule has 0 aliphatic heterocycles. The molecule has 0 radical (unpaired) electrons. The Morgan fingerprint density at radius 3 is 2.44 bits per heavy atom. The number of benzene rings is 1. The molecule has 0 aliphatic rings.